The van der Waals surface area contributed by atoms with E-state index < -0.39 is 21.9 Å². The van der Waals surface area contributed by atoms with Crippen LogP contribution in [0.3, 0.4) is 0 Å². The average molecular weight is 662 g/mol. The second-order valence-corrected chi connectivity index (χ2v) is 12.6. The Morgan fingerprint density at radius 1 is 0.809 bits per heavy atom. The minimum Gasteiger partial charge on any atom is -0.493 e. The Bertz CT molecular complexity index is 1730. The number of sulfonamides is 1. The topological polar surface area (TPSA) is 114 Å². The predicted molar refractivity (Wildman–Crippen MR) is 178 cm³/mol. The molecule has 0 saturated heterocycles. The molecule has 248 valence electrons. The largest absolute Gasteiger partial charge is 0.493 e. The van der Waals surface area contributed by atoms with Crippen molar-refractivity contribution in [3.05, 3.63) is 125 Å². The number of nitrogens with one attached hydrogen (secondary N) is 2. The lowest BCUT2D eigenvalue weighted by Crippen LogP contribution is -2.44. The molecule has 4 aromatic carbocycles. The number of halogens is 1. The van der Waals surface area contributed by atoms with E-state index in [-0.39, 0.29) is 36.2 Å². The summed E-state index contributed by atoms with van der Waals surface area (Å²) < 4.78 is 51.6. The normalized spacial score (nSPS) is 11.8. The summed E-state index contributed by atoms with van der Waals surface area (Å²) in [7, 11) is -0.476. The van der Waals surface area contributed by atoms with Gasteiger partial charge in [-0.25, -0.2) is 17.5 Å². The highest BCUT2D eigenvalue weighted by Crippen LogP contribution is 2.28. The molecule has 0 unspecified atom stereocenters. The van der Waals surface area contributed by atoms with Gasteiger partial charge in [0.15, 0.2) is 11.5 Å². The van der Waals surface area contributed by atoms with E-state index >= 15 is 0 Å². The third-order valence-corrected chi connectivity index (χ3v) is 9.18. The van der Waals surface area contributed by atoms with Gasteiger partial charge in [0, 0.05) is 26.1 Å². The van der Waals surface area contributed by atoms with E-state index in [1.165, 1.54) is 29.2 Å². The van der Waals surface area contributed by atoms with Crippen LogP contribution in [0.2, 0.25) is 0 Å². The maximum atomic E-state index is 14.0. The highest BCUT2D eigenvalue weighted by atomic mass is 32.2. The van der Waals surface area contributed by atoms with Crippen LogP contribution in [0.15, 0.2) is 102 Å². The minimum absolute atomic E-state index is 0.0583. The van der Waals surface area contributed by atoms with Crippen LogP contribution in [0.4, 0.5) is 4.39 Å². The van der Waals surface area contributed by atoms with Gasteiger partial charge < -0.3 is 19.7 Å². The molecule has 0 radical (unpaired) electrons. The van der Waals surface area contributed by atoms with Gasteiger partial charge in [-0.1, -0.05) is 67.6 Å². The number of nitrogens with zero attached hydrogens (tertiary/aromatic N) is 1. The molecule has 0 saturated carbocycles. The van der Waals surface area contributed by atoms with Crippen LogP contribution in [-0.4, -0.2) is 52.4 Å². The van der Waals surface area contributed by atoms with Gasteiger partial charge in [0.2, 0.25) is 21.8 Å². The van der Waals surface area contributed by atoms with Gasteiger partial charge in [-0.15, -0.1) is 0 Å². The maximum Gasteiger partial charge on any atom is 0.247 e. The molecule has 9 nitrogen and oxygen atoms in total. The fraction of sp³-hybridized carbons (Fsp3) is 0.278. The monoisotopic (exact) mass is 661 g/mol. The van der Waals surface area contributed by atoms with E-state index in [1.807, 2.05) is 30.3 Å². The maximum absolute atomic E-state index is 14.0. The summed E-state index contributed by atoms with van der Waals surface area (Å²) in [6.07, 6.45) is 0.893. The van der Waals surface area contributed by atoms with Gasteiger partial charge >= 0.3 is 0 Å². The van der Waals surface area contributed by atoms with E-state index in [2.05, 4.69) is 10.0 Å². The number of hydrogen-bond donors (Lipinski definition) is 2. The first kappa shape index (κ1) is 35.1. The number of benzene rings is 4. The summed E-state index contributed by atoms with van der Waals surface area (Å²) >= 11 is 0. The van der Waals surface area contributed by atoms with E-state index in [1.54, 1.807) is 63.6 Å². The van der Waals surface area contributed by atoms with Gasteiger partial charge in [-0.05, 0) is 71.5 Å². The zero-order chi connectivity index (χ0) is 33.8. The number of carbonyl (C=O) groups is 2. The Morgan fingerprint density at radius 3 is 2.09 bits per heavy atom. The number of aryl methyl sites for hydroxylation is 1. The molecule has 0 bridgehead atoms. The summed E-state index contributed by atoms with van der Waals surface area (Å²) in [5.74, 6) is 0.142. The number of amides is 2. The number of rotatable bonds is 16. The van der Waals surface area contributed by atoms with Crippen molar-refractivity contribution < 1.29 is 31.9 Å². The van der Waals surface area contributed by atoms with E-state index in [0.29, 0.717) is 42.0 Å². The molecule has 0 spiro atoms. The second-order valence-electron chi connectivity index (χ2n) is 10.8. The third kappa shape index (κ3) is 9.63. The highest BCUT2D eigenvalue weighted by molar-refractivity contribution is 7.89. The molecule has 0 aliphatic heterocycles. The van der Waals surface area contributed by atoms with Crippen LogP contribution in [0, 0.1) is 5.82 Å². The molecule has 47 heavy (non-hydrogen) atoms. The van der Waals surface area contributed by atoms with Crippen molar-refractivity contribution in [2.24, 2.45) is 0 Å². The van der Waals surface area contributed by atoms with Crippen molar-refractivity contribution in [2.45, 2.75) is 43.7 Å². The van der Waals surface area contributed by atoms with Gasteiger partial charge in [0.05, 0.1) is 19.1 Å². The Hall–Kier alpha value is -4.74. The predicted octanol–water partition coefficient (Wildman–Crippen LogP) is 5.20. The van der Waals surface area contributed by atoms with Crippen molar-refractivity contribution in [1.82, 2.24) is 14.9 Å². The lowest BCUT2D eigenvalue weighted by Gasteiger charge is -2.32. The van der Waals surface area contributed by atoms with Gasteiger partial charge in [0.1, 0.15) is 11.9 Å². The fourth-order valence-corrected chi connectivity index (χ4v) is 6.23. The SMILES string of the molecule is CCNS(=O)(=O)c1ccc(CCC(=O)N(Cc2ccc(F)cc2)[C@H](C(=O)NCCc2ccc(OC)c(OC)c2)c2ccccc2)cc1. The number of methoxy groups -OCH3 is 2. The molecular formula is C36H40FN3O6S. The van der Waals surface area contributed by atoms with Crippen LogP contribution in [0.25, 0.3) is 0 Å². The van der Waals surface area contributed by atoms with Crippen molar-refractivity contribution in [2.75, 3.05) is 27.3 Å². The Morgan fingerprint density at radius 2 is 1.45 bits per heavy atom. The molecule has 4 aromatic rings. The molecule has 4 rings (SSSR count). The molecule has 0 aromatic heterocycles. The number of carbonyl (C=O) groups excluding carboxylic acids is 2. The van der Waals surface area contributed by atoms with Crippen molar-refractivity contribution in [3.8, 4) is 11.5 Å². The standard InChI is InChI=1S/C36H40FN3O6S/c1-4-39-47(43,44)31-18-12-26(13-19-31)15-21-34(41)40(25-28-10-16-30(37)17-11-28)35(29-8-6-5-7-9-29)36(42)38-23-22-27-14-20-32(45-2)33(24-27)46-3/h5-14,16-20,24,35,39H,4,15,21-23,25H2,1-3H3,(H,38,42)/t35-/m0/s1. The second kappa shape index (κ2) is 16.7. The summed E-state index contributed by atoms with van der Waals surface area (Å²) in [5, 5.41) is 3.00. The van der Waals surface area contributed by atoms with Gasteiger partial charge in [-0.3, -0.25) is 9.59 Å². The molecule has 2 N–H and O–H groups in total. The molecule has 1 atom stereocenters. The summed E-state index contributed by atoms with van der Waals surface area (Å²) in [5.41, 5.74) is 3.00. The zero-order valence-electron chi connectivity index (χ0n) is 26.7. The number of ether oxygens (including phenoxy) is 2. The zero-order valence-corrected chi connectivity index (χ0v) is 27.6. The van der Waals surface area contributed by atoms with Gasteiger partial charge in [0.25, 0.3) is 0 Å². The summed E-state index contributed by atoms with van der Waals surface area (Å²) in [6.45, 7) is 2.35. The molecule has 0 aliphatic rings. The summed E-state index contributed by atoms with van der Waals surface area (Å²) in [4.78, 5) is 29.6. The molecular weight excluding hydrogens is 621 g/mol. The van der Waals surface area contributed by atoms with Crippen molar-refractivity contribution in [3.63, 3.8) is 0 Å². The van der Waals surface area contributed by atoms with Crippen LogP contribution in [0.5, 0.6) is 11.5 Å². The quantitative estimate of drug-likeness (QED) is 0.171. The smallest absolute Gasteiger partial charge is 0.247 e. The highest BCUT2D eigenvalue weighted by Gasteiger charge is 2.31. The Balaban J connectivity index is 1.56. The summed E-state index contributed by atoms with van der Waals surface area (Å²) in [6, 6.07) is 25.8. The first-order chi connectivity index (χ1) is 22.6. The fourth-order valence-electron chi connectivity index (χ4n) is 5.18. The van der Waals surface area contributed by atoms with Crippen LogP contribution in [0.1, 0.15) is 41.6 Å². The Labute approximate surface area is 275 Å². The van der Waals surface area contributed by atoms with E-state index in [9.17, 15) is 22.4 Å². The lowest BCUT2D eigenvalue weighted by atomic mass is 10.0. The van der Waals surface area contributed by atoms with Crippen LogP contribution >= 0.6 is 0 Å². The molecule has 0 aliphatic carbocycles. The Kier molecular flexibility index (Phi) is 12.5. The van der Waals surface area contributed by atoms with Crippen molar-refractivity contribution in [1.29, 1.82) is 0 Å². The third-order valence-electron chi connectivity index (χ3n) is 7.62. The van der Waals surface area contributed by atoms with Crippen LogP contribution in [-0.2, 0) is 39.0 Å². The number of hydrogen-bond acceptors (Lipinski definition) is 6. The average Bonchev–Trinajstić information content (AvgIpc) is 3.08. The van der Waals surface area contributed by atoms with E-state index in [4.69, 9.17) is 9.47 Å². The molecule has 0 fully saturated rings. The first-order valence-corrected chi connectivity index (χ1v) is 16.8. The molecule has 2 amide bonds. The molecule has 11 heteroatoms. The lowest BCUT2D eigenvalue weighted by molar-refractivity contribution is -0.141. The van der Waals surface area contributed by atoms with Crippen LogP contribution < -0.4 is 19.5 Å². The van der Waals surface area contributed by atoms with E-state index in [0.717, 1.165) is 11.1 Å². The van der Waals surface area contributed by atoms with Crippen molar-refractivity contribution >= 4 is 21.8 Å². The molecule has 0 heterocycles. The first-order valence-electron chi connectivity index (χ1n) is 15.3. The minimum atomic E-state index is -3.60. The van der Waals surface area contributed by atoms with Gasteiger partial charge in [-0.2, -0.15) is 0 Å².